The molecule has 6 heteroatoms. The molecule has 0 aliphatic carbocycles. The molecule has 0 radical (unpaired) electrons. The van der Waals surface area contributed by atoms with Gasteiger partial charge in [0.25, 0.3) is 23.6 Å². The summed E-state index contributed by atoms with van der Waals surface area (Å²) >= 11 is 0. The average molecular weight is 392 g/mol. The predicted octanol–water partition coefficient (Wildman–Crippen LogP) is 3.58. The van der Waals surface area contributed by atoms with E-state index in [0.29, 0.717) is 28.7 Å². The van der Waals surface area contributed by atoms with Crippen LogP contribution in [-0.4, -0.2) is 35.6 Å². The maximum atomic E-state index is 12.1. The first-order valence-corrected chi connectivity index (χ1v) is 9.81. The van der Waals surface area contributed by atoms with Crippen molar-refractivity contribution in [1.29, 1.82) is 0 Å². The van der Waals surface area contributed by atoms with Crippen LogP contribution in [0.4, 0.5) is 0 Å². The summed E-state index contributed by atoms with van der Waals surface area (Å²) in [6.45, 7) is 4.42. The second-order valence-corrected chi connectivity index (χ2v) is 7.24. The van der Waals surface area contributed by atoms with E-state index in [1.165, 1.54) is 26.3 Å². The first-order valence-electron chi connectivity index (χ1n) is 9.81. The van der Waals surface area contributed by atoms with E-state index in [1.54, 1.807) is 36.4 Å². The average Bonchev–Trinajstić information content (AvgIpc) is 3.11. The molecule has 0 spiro atoms. The number of carbonyl (C=O) groups excluding carboxylic acids is 4. The van der Waals surface area contributed by atoms with Crippen molar-refractivity contribution in [3.05, 3.63) is 69.8 Å². The van der Waals surface area contributed by atoms with Crippen LogP contribution in [-0.2, 0) is 6.42 Å². The molecule has 2 aromatic carbocycles. The van der Waals surface area contributed by atoms with Crippen LogP contribution in [0.15, 0.2) is 36.4 Å². The summed E-state index contributed by atoms with van der Waals surface area (Å²) in [5, 5.41) is 2.26. The zero-order valence-electron chi connectivity index (χ0n) is 16.9. The molecule has 29 heavy (non-hydrogen) atoms. The van der Waals surface area contributed by atoms with E-state index in [0.717, 1.165) is 16.0 Å². The third-order valence-electron chi connectivity index (χ3n) is 5.07. The molecule has 150 valence electrons. The number of unbranched alkanes of at least 4 members (excludes halogenated alkanes) is 2. The fourth-order valence-electron chi connectivity index (χ4n) is 3.43. The van der Waals surface area contributed by atoms with Gasteiger partial charge in [-0.2, -0.15) is 0 Å². The summed E-state index contributed by atoms with van der Waals surface area (Å²) < 4.78 is 0. The molecule has 4 rings (SSSR count). The highest BCUT2D eigenvalue weighted by Crippen LogP contribution is 2.25. The summed E-state index contributed by atoms with van der Waals surface area (Å²) in [5.74, 6) is -1.38. The largest absolute Gasteiger partial charge is 0.288 e. The van der Waals surface area contributed by atoms with Crippen molar-refractivity contribution in [2.24, 2.45) is 0 Å². The maximum Gasteiger partial charge on any atom is 0.261 e. The topological polar surface area (TPSA) is 83.6 Å². The molecular formula is C23H24N2O4. The number of amides is 4. The summed E-state index contributed by atoms with van der Waals surface area (Å²) in [6, 6.07) is 10.2. The third-order valence-corrected chi connectivity index (χ3v) is 5.07. The van der Waals surface area contributed by atoms with Gasteiger partial charge < -0.3 is 0 Å². The molecule has 2 aliphatic heterocycles. The van der Waals surface area contributed by atoms with Crippen LogP contribution in [0, 0.1) is 0 Å². The van der Waals surface area contributed by atoms with Gasteiger partial charge in [0.1, 0.15) is 0 Å². The summed E-state index contributed by atoms with van der Waals surface area (Å²) in [7, 11) is 1.46. The Bertz CT molecular complexity index is 1010. The number of imide groups is 2. The zero-order valence-corrected chi connectivity index (χ0v) is 16.9. The van der Waals surface area contributed by atoms with E-state index in [-0.39, 0.29) is 17.7 Å². The number of nitrogens with one attached hydrogen (secondary N) is 1. The van der Waals surface area contributed by atoms with Crippen LogP contribution in [0.2, 0.25) is 0 Å². The quantitative estimate of drug-likeness (QED) is 0.806. The molecule has 0 unspecified atom stereocenters. The molecular weight excluding hydrogens is 368 g/mol. The van der Waals surface area contributed by atoms with Gasteiger partial charge in [0.05, 0.1) is 22.3 Å². The van der Waals surface area contributed by atoms with Gasteiger partial charge in [-0.1, -0.05) is 45.2 Å². The molecule has 0 saturated carbocycles. The van der Waals surface area contributed by atoms with Gasteiger partial charge in [-0.15, -0.1) is 0 Å². The van der Waals surface area contributed by atoms with Crippen LogP contribution in [0.25, 0.3) is 0 Å². The highest BCUT2D eigenvalue weighted by molar-refractivity contribution is 6.22. The minimum Gasteiger partial charge on any atom is -0.288 e. The van der Waals surface area contributed by atoms with Gasteiger partial charge >= 0.3 is 0 Å². The minimum atomic E-state index is -0.395. The number of nitrogens with zero attached hydrogens (tertiary/aromatic N) is 1. The fraction of sp³-hybridized carbons (Fsp3) is 0.304. The molecule has 0 atom stereocenters. The number of fused-ring (bicyclic) bond motifs is 2. The second-order valence-electron chi connectivity index (χ2n) is 7.24. The van der Waals surface area contributed by atoms with Crippen LogP contribution in [0.5, 0.6) is 0 Å². The van der Waals surface area contributed by atoms with Gasteiger partial charge in [0.15, 0.2) is 0 Å². The Hall–Kier alpha value is -3.28. The second kappa shape index (κ2) is 8.39. The van der Waals surface area contributed by atoms with Gasteiger partial charge in [0, 0.05) is 7.05 Å². The standard InChI is InChI=1S/C18H12N2O4.C5H12/c1-20-17(23)12-5-3-10(8-14(12)18(20)24)6-9-2-4-11-13(7-9)16(22)19-15(11)21;1-3-5-4-2/h2-5,7-8H,6H2,1H3,(H,19,21,22);3-5H2,1-2H3. The summed E-state index contributed by atoms with van der Waals surface area (Å²) in [4.78, 5) is 48.4. The van der Waals surface area contributed by atoms with Crippen molar-refractivity contribution in [3.63, 3.8) is 0 Å². The van der Waals surface area contributed by atoms with Crippen molar-refractivity contribution in [1.82, 2.24) is 10.2 Å². The zero-order chi connectivity index (χ0) is 21.1. The van der Waals surface area contributed by atoms with Gasteiger partial charge in [-0.25, -0.2) is 0 Å². The minimum absolute atomic E-state index is 0.297. The normalized spacial score (nSPS) is 14.4. The number of carbonyl (C=O) groups is 4. The molecule has 2 aromatic rings. The van der Waals surface area contributed by atoms with Crippen molar-refractivity contribution in [2.75, 3.05) is 7.05 Å². The lowest BCUT2D eigenvalue weighted by Crippen LogP contribution is -2.24. The van der Waals surface area contributed by atoms with E-state index in [1.807, 2.05) is 0 Å². The monoisotopic (exact) mass is 392 g/mol. The highest BCUT2D eigenvalue weighted by atomic mass is 16.2. The Morgan fingerprint density at radius 3 is 1.83 bits per heavy atom. The first kappa shape index (κ1) is 20.5. The lowest BCUT2D eigenvalue weighted by Gasteiger charge is -2.05. The van der Waals surface area contributed by atoms with Crippen LogP contribution in [0.1, 0.15) is 85.7 Å². The smallest absolute Gasteiger partial charge is 0.261 e. The molecule has 1 N–H and O–H groups in total. The number of rotatable bonds is 4. The molecule has 0 bridgehead atoms. The van der Waals surface area contributed by atoms with Gasteiger partial charge in [0.2, 0.25) is 0 Å². The molecule has 2 aliphatic rings. The van der Waals surface area contributed by atoms with Crippen molar-refractivity contribution in [3.8, 4) is 0 Å². The number of benzene rings is 2. The van der Waals surface area contributed by atoms with Gasteiger partial charge in [-0.05, 0) is 41.8 Å². The van der Waals surface area contributed by atoms with E-state index < -0.39 is 5.91 Å². The van der Waals surface area contributed by atoms with E-state index >= 15 is 0 Å². The maximum absolute atomic E-state index is 12.1. The Balaban J connectivity index is 0.000000431. The van der Waals surface area contributed by atoms with Crippen molar-refractivity contribution in [2.45, 2.75) is 39.5 Å². The van der Waals surface area contributed by atoms with Crippen LogP contribution >= 0.6 is 0 Å². The molecule has 0 fully saturated rings. The SMILES string of the molecule is CCCCC.CN1C(=O)c2ccc(Cc3ccc4c(c3)C(=O)NC4=O)cc2C1=O. The van der Waals surface area contributed by atoms with Crippen LogP contribution in [0.3, 0.4) is 0 Å². The van der Waals surface area contributed by atoms with Crippen molar-refractivity contribution < 1.29 is 19.2 Å². The molecule has 0 saturated heterocycles. The summed E-state index contributed by atoms with van der Waals surface area (Å²) in [6.07, 6.45) is 4.57. The lowest BCUT2D eigenvalue weighted by molar-refractivity contribution is 0.0691. The number of hydrogen-bond donors (Lipinski definition) is 1. The molecule has 4 amide bonds. The Kier molecular flexibility index (Phi) is 5.92. The Morgan fingerprint density at radius 2 is 1.24 bits per heavy atom. The van der Waals surface area contributed by atoms with E-state index in [2.05, 4.69) is 19.2 Å². The molecule has 0 aromatic heterocycles. The predicted molar refractivity (Wildman–Crippen MR) is 109 cm³/mol. The number of hydrogen-bond acceptors (Lipinski definition) is 4. The molecule has 6 nitrogen and oxygen atoms in total. The fourth-order valence-corrected chi connectivity index (χ4v) is 3.43. The first-order chi connectivity index (χ1) is 13.9. The van der Waals surface area contributed by atoms with Gasteiger partial charge in [-0.3, -0.25) is 29.4 Å². The Labute approximate surface area is 169 Å². The third kappa shape index (κ3) is 3.97. The highest BCUT2D eigenvalue weighted by Gasteiger charge is 2.32. The van der Waals surface area contributed by atoms with Crippen molar-refractivity contribution >= 4 is 23.6 Å². The van der Waals surface area contributed by atoms with E-state index in [9.17, 15) is 19.2 Å². The van der Waals surface area contributed by atoms with Crippen LogP contribution < -0.4 is 5.32 Å². The van der Waals surface area contributed by atoms with E-state index in [4.69, 9.17) is 0 Å². The Morgan fingerprint density at radius 1 is 0.724 bits per heavy atom. The summed E-state index contributed by atoms with van der Waals surface area (Å²) in [5.41, 5.74) is 3.25. The lowest BCUT2D eigenvalue weighted by atomic mass is 9.98. The molecule has 2 heterocycles.